The molecular weight excluding hydrogens is 388 g/mol. The maximum atomic E-state index is 12.7. The Hall–Kier alpha value is -3.37. The lowest BCUT2D eigenvalue weighted by Crippen LogP contribution is -2.32. The molecule has 3 aromatic rings. The number of hydrogen-bond donors (Lipinski definition) is 2. The van der Waals surface area contributed by atoms with E-state index in [2.05, 4.69) is 20.3 Å². The first-order valence-corrected chi connectivity index (χ1v) is 8.71. The van der Waals surface area contributed by atoms with Gasteiger partial charge in [0.15, 0.2) is 11.4 Å². The molecule has 0 saturated carbocycles. The number of aromatic nitrogens is 3. The summed E-state index contributed by atoms with van der Waals surface area (Å²) in [4.78, 5) is 11.7. The Kier molecular flexibility index (Phi) is 5.57. The Labute approximate surface area is 164 Å². The summed E-state index contributed by atoms with van der Waals surface area (Å²) in [6.07, 6.45) is 2.76. The molecule has 0 radical (unpaired) electrons. The number of alkyl halides is 2. The van der Waals surface area contributed by atoms with Gasteiger partial charge in [-0.3, -0.25) is 4.68 Å². The molecule has 0 unspecified atom stereocenters. The molecule has 2 heterocycles. The highest BCUT2D eigenvalue weighted by molar-refractivity contribution is 5.93. The summed E-state index contributed by atoms with van der Waals surface area (Å²) in [5.41, 5.74) is 6.64. The number of nitrogen functional groups attached to an aromatic ring is 1. The van der Waals surface area contributed by atoms with Gasteiger partial charge < -0.3 is 25.0 Å². The van der Waals surface area contributed by atoms with Crippen molar-refractivity contribution in [1.29, 1.82) is 0 Å². The molecule has 29 heavy (non-hydrogen) atoms. The molecule has 0 aliphatic heterocycles. The lowest BCUT2D eigenvalue weighted by molar-refractivity contribution is -0.0488. The minimum absolute atomic E-state index is 0.0307. The molecule has 1 amide bonds. The third-order valence-corrected chi connectivity index (χ3v) is 3.71. The number of alkyl carbamates (subject to hydrolysis) is 1. The van der Waals surface area contributed by atoms with Crippen molar-refractivity contribution in [2.45, 2.75) is 46.1 Å². The van der Waals surface area contributed by atoms with Crippen molar-refractivity contribution < 1.29 is 27.6 Å². The van der Waals surface area contributed by atoms with Gasteiger partial charge in [0.05, 0.1) is 12.7 Å². The van der Waals surface area contributed by atoms with Crippen LogP contribution in [-0.4, -0.2) is 33.2 Å². The van der Waals surface area contributed by atoms with Crippen LogP contribution in [-0.2, 0) is 17.8 Å². The van der Waals surface area contributed by atoms with Crippen molar-refractivity contribution in [3.63, 3.8) is 0 Å². The van der Waals surface area contributed by atoms with E-state index in [1.54, 1.807) is 43.9 Å². The molecule has 0 atom stereocenters. The Morgan fingerprint density at radius 3 is 2.79 bits per heavy atom. The number of nitrogens with zero attached hydrogens (tertiary/aromatic N) is 3. The van der Waals surface area contributed by atoms with Crippen LogP contribution in [0.4, 0.5) is 19.4 Å². The standard InChI is InChI=1S/C18H21F2N5O4/c1-18(2,3)28-17(26)22-6-11-7-23-25(9-11)8-10-4-12(27-16(19)20)14-13(5-10)29-24-15(14)21/h4-5,7,9,16H,6,8H2,1-3H3,(H2,21,24)(H,22,26). The van der Waals surface area contributed by atoms with E-state index >= 15 is 0 Å². The number of amides is 1. The number of hydrogen-bond acceptors (Lipinski definition) is 7. The first-order valence-electron chi connectivity index (χ1n) is 8.71. The quantitative estimate of drug-likeness (QED) is 0.641. The summed E-state index contributed by atoms with van der Waals surface area (Å²) in [6.45, 7) is 2.79. The lowest BCUT2D eigenvalue weighted by Gasteiger charge is -2.19. The molecule has 0 aliphatic rings. The number of fused-ring (bicyclic) bond motifs is 1. The first-order chi connectivity index (χ1) is 13.6. The molecule has 0 aliphatic carbocycles. The molecule has 0 fully saturated rings. The van der Waals surface area contributed by atoms with E-state index in [1.165, 1.54) is 6.07 Å². The number of ether oxygens (including phenoxy) is 2. The number of carbonyl (C=O) groups is 1. The second kappa shape index (κ2) is 7.94. The Morgan fingerprint density at radius 2 is 2.10 bits per heavy atom. The second-order valence-corrected chi connectivity index (χ2v) is 7.32. The molecule has 11 heteroatoms. The molecule has 156 valence electrons. The van der Waals surface area contributed by atoms with Gasteiger partial charge in [0, 0.05) is 18.3 Å². The molecule has 2 aromatic heterocycles. The van der Waals surface area contributed by atoms with E-state index in [-0.39, 0.29) is 35.6 Å². The van der Waals surface area contributed by atoms with Crippen LogP contribution in [0.2, 0.25) is 0 Å². The monoisotopic (exact) mass is 409 g/mol. The van der Waals surface area contributed by atoms with Gasteiger partial charge in [-0.2, -0.15) is 13.9 Å². The molecule has 0 spiro atoms. The van der Waals surface area contributed by atoms with Crippen LogP contribution in [0.15, 0.2) is 29.0 Å². The Balaban J connectivity index is 1.71. The van der Waals surface area contributed by atoms with E-state index in [1.807, 2.05) is 0 Å². The fraction of sp³-hybridized carbons (Fsp3) is 0.389. The van der Waals surface area contributed by atoms with E-state index < -0.39 is 18.3 Å². The molecule has 9 nitrogen and oxygen atoms in total. The number of carbonyl (C=O) groups excluding carboxylic acids is 1. The number of benzene rings is 1. The largest absolute Gasteiger partial charge is 0.444 e. The SMILES string of the molecule is CC(C)(C)OC(=O)NCc1cnn(Cc2cc(OC(F)F)c3c(N)noc3c2)c1. The number of halogens is 2. The highest BCUT2D eigenvalue weighted by atomic mass is 19.3. The number of nitrogens with two attached hydrogens (primary N) is 1. The number of rotatable bonds is 6. The van der Waals surface area contributed by atoms with Crippen LogP contribution in [0, 0.1) is 0 Å². The summed E-state index contributed by atoms with van der Waals surface area (Å²) in [5.74, 6) is -0.151. The third-order valence-electron chi connectivity index (χ3n) is 3.71. The molecule has 3 N–H and O–H groups in total. The lowest BCUT2D eigenvalue weighted by atomic mass is 10.1. The minimum atomic E-state index is -3.02. The summed E-state index contributed by atoms with van der Waals surface area (Å²) in [7, 11) is 0. The van der Waals surface area contributed by atoms with E-state index in [0.29, 0.717) is 5.56 Å². The average Bonchev–Trinajstić information content (AvgIpc) is 3.18. The smallest absolute Gasteiger partial charge is 0.407 e. The zero-order chi connectivity index (χ0) is 21.2. The van der Waals surface area contributed by atoms with Gasteiger partial charge in [-0.05, 0) is 38.5 Å². The van der Waals surface area contributed by atoms with Gasteiger partial charge >= 0.3 is 12.7 Å². The van der Waals surface area contributed by atoms with Crippen molar-refractivity contribution >= 4 is 22.9 Å². The first kappa shape index (κ1) is 20.4. The maximum absolute atomic E-state index is 12.7. The van der Waals surface area contributed by atoms with Crippen molar-refractivity contribution in [3.05, 3.63) is 35.7 Å². The summed E-state index contributed by atoms with van der Waals surface area (Å²) >= 11 is 0. The zero-order valence-corrected chi connectivity index (χ0v) is 16.1. The van der Waals surface area contributed by atoms with Crippen LogP contribution < -0.4 is 15.8 Å². The van der Waals surface area contributed by atoms with Crippen LogP contribution >= 0.6 is 0 Å². The highest BCUT2D eigenvalue weighted by Gasteiger charge is 2.18. The van der Waals surface area contributed by atoms with Crippen LogP contribution in [0.3, 0.4) is 0 Å². The maximum Gasteiger partial charge on any atom is 0.407 e. The summed E-state index contributed by atoms with van der Waals surface area (Å²) < 4.78 is 41.8. The van der Waals surface area contributed by atoms with Crippen LogP contribution in [0.1, 0.15) is 31.9 Å². The summed E-state index contributed by atoms with van der Waals surface area (Å²) in [5, 5.41) is 10.6. The van der Waals surface area contributed by atoms with Crippen LogP contribution in [0.25, 0.3) is 11.0 Å². The van der Waals surface area contributed by atoms with Crippen molar-refractivity contribution in [1.82, 2.24) is 20.3 Å². The Morgan fingerprint density at radius 1 is 1.34 bits per heavy atom. The topological polar surface area (TPSA) is 117 Å². The van der Waals surface area contributed by atoms with Gasteiger partial charge in [0.1, 0.15) is 16.7 Å². The zero-order valence-electron chi connectivity index (χ0n) is 16.1. The fourth-order valence-electron chi connectivity index (χ4n) is 2.65. The molecule has 0 bridgehead atoms. The van der Waals surface area contributed by atoms with Crippen molar-refractivity contribution in [2.75, 3.05) is 5.73 Å². The number of nitrogens with one attached hydrogen (secondary N) is 1. The van der Waals surface area contributed by atoms with Gasteiger partial charge in [-0.25, -0.2) is 4.79 Å². The molecule has 0 saturated heterocycles. The predicted molar refractivity (Wildman–Crippen MR) is 99.5 cm³/mol. The predicted octanol–water partition coefficient (Wildman–Crippen LogP) is 3.28. The van der Waals surface area contributed by atoms with Crippen LogP contribution in [0.5, 0.6) is 5.75 Å². The molecular formula is C18H21F2N5O4. The summed E-state index contributed by atoms with van der Waals surface area (Å²) in [6, 6.07) is 3.06. The van der Waals surface area contributed by atoms with Crippen molar-refractivity contribution in [2.24, 2.45) is 0 Å². The second-order valence-electron chi connectivity index (χ2n) is 7.32. The highest BCUT2D eigenvalue weighted by Crippen LogP contribution is 2.33. The molecule has 1 aromatic carbocycles. The van der Waals surface area contributed by atoms with Gasteiger partial charge in [-0.1, -0.05) is 5.16 Å². The molecule has 3 rings (SSSR count). The van der Waals surface area contributed by atoms with E-state index in [9.17, 15) is 13.6 Å². The third kappa shape index (κ3) is 5.33. The van der Waals surface area contributed by atoms with Crippen molar-refractivity contribution in [3.8, 4) is 5.75 Å². The van der Waals surface area contributed by atoms with E-state index in [4.69, 9.17) is 15.0 Å². The minimum Gasteiger partial charge on any atom is -0.444 e. The van der Waals surface area contributed by atoms with Gasteiger partial charge in [-0.15, -0.1) is 0 Å². The van der Waals surface area contributed by atoms with E-state index in [0.717, 1.165) is 5.56 Å². The average molecular weight is 409 g/mol. The fourth-order valence-corrected chi connectivity index (χ4v) is 2.65. The Bertz CT molecular complexity index is 1010. The van der Waals surface area contributed by atoms with Gasteiger partial charge in [0.2, 0.25) is 0 Å². The normalized spacial score (nSPS) is 11.8. The van der Waals surface area contributed by atoms with Gasteiger partial charge in [0.25, 0.3) is 0 Å². The number of anilines is 1.